The van der Waals surface area contributed by atoms with E-state index in [2.05, 4.69) is 16.8 Å². The highest BCUT2D eigenvalue weighted by atomic mass is 35.5. The maximum Gasteiger partial charge on any atom is 0.333 e. The van der Waals surface area contributed by atoms with Crippen molar-refractivity contribution in [1.29, 1.82) is 0 Å². The second-order valence-corrected chi connectivity index (χ2v) is 6.11. The van der Waals surface area contributed by atoms with E-state index in [1.807, 2.05) is 19.9 Å². The number of nitrogens with one attached hydrogen (secondary N) is 1. The molecule has 3 rings (SSSR count). The molecular formula is C18H18ClN3O2. The van der Waals surface area contributed by atoms with E-state index < -0.39 is 6.03 Å². The summed E-state index contributed by atoms with van der Waals surface area (Å²) in [5, 5.41) is 3.20. The van der Waals surface area contributed by atoms with Gasteiger partial charge in [-0.05, 0) is 62.7 Å². The average Bonchev–Trinajstić information content (AvgIpc) is 2.97. The van der Waals surface area contributed by atoms with Crippen molar-refractivity contribution in [1.82, 2.24) is 9.88 Å². The summed E-state index contributed by atoms with van der Waals surface area (Å²) < 4.78 is 2.16. The highest BCUT2D eigenvalue weighted by molar-refractivity contribution is 6.31. The topological polar surface area (TPSA) is 54.3 Å². The van der Waals surface area contributed by atoms with Crippen LogP contribution in [-0.4, -0.2) is 16.5 Å². The van der Waals surface area contributed by atoms with E-state index >= 15 is 0 Å². The van der Waals surface area contributed by atoms with Crippen LogP contribution in [0, 0.1) is 13.8 Å². The van der Waals surface area contributed by atoms with E-state index in [1.54, 1.807) is 30.3 Å². The molecule has 1 aromatic carbocycles. The van der Waals surface area contributed by atoms with Gasteiger partial charge in [0.05, 0.1) is 5.69 Å². The average molecular weight is 344 g/mol. The molecule has 2 heterocycles. The number of amides is 3. The fraction of sp³-hybridized carbons (Fsp3) is 0.222. The predicted octanol–water partition coefficient (Wildman–Crippen LogP) is 3.88. The molecule has 0 bridgehead atoms. The van der Waals surface area contributed by atoms with Gasteiger partial charge in [0.2, 0.25) is 0 Å². The van der Waals surface area contributed by atoms with E-state index in [-0.39, 0.29) is 11.6 Å². The van der Waals surface area contributed by atoms with Crippen molar-refractivity contribution in [2.24, 2.45) is 0 Å². The number of benzene rings is 1. The van der Waals surface area contributed by atoms with Gasteiger partial charge in [-0.25, -0.2) is 9.69 Å². The van der Waals surface area contributed by atoms with E-state index in [4.69, 9.17) is 11.6 Å². The van der Waals surface area contributed by atoms with Crippen molar-refractivity contribution >= 4 is 35.3 Å². The third-order valence-corrected chi connectivity index (χ3v) is 4.44. The zero-order chi connectivity index (χ0) is 17.4. The van der Waals surface area contributed by atoms with Gasteiger partial charge in [0, 0.05) is 23.0 Å². The number of carbonyl (C=O) groups is 2. The molecule has 1 fully saturated rings. The largest absolute Gasteiger partial charge is 0.349 e. The number of halogens is 1. The maximum absolute atomic E-state index is 12.6. The molecule has 0 atom stereocenters. The molecule has 1 aliphatic heterocycles. The van der Waals surface area contributed by atoms with Crippen LogP contribution in [0.2, 0.25) is 5.02 Å². The highest BCUT2D eigenvalue weighted by Crippen LogP contribution is 2.25. The summed E-state index contributed by atoms with van der Waals surface area (Å²) in [7, 11) is 0. The van der Waals surface area contributed by atoms with Gasteiger partial charge in [0.15, 0.2) is 0 Å². The molecule has 24 heavy (non-hydrogen) atoms. The SMILES string of the molecule is CCn1c(C)cc(C=C2NC(=O)N(c3ccc(Cl)cc3)C2=O)c1C. The monoisotopic (exact) mass is 343 g/mol. The zero-order valence-corrected chi connectivity index (χ0v) is 14.5. The van der Waals surface area contributed by atoms with Crippen molar-refractivity contribution in [3.8, 4) is 0 Å². The highest BCUT2D eigenvalue weighted by Gasteiger charge is 2.35. The first-order valence-corrected chi connectivity index (χ1v) is 8.09. The number of rotatable bonds is 3. The van der Waals surface area contributed by atoms with Crippen molar-refractivity contribution in [2.75, 3.05) is 4.90 Å². The molecule has 2 aromatic rings. The van der Waals surface area contributed by atoms with E-state index in [0.29, 0.717) is 10.7 Å². The summed E-state index contributed by atoms with van der Waals surface area (Å²) in [4.78, 5) is 25.9. The lowest BCUT2D eigenvalue weighted by Gasteiger charge is -2.11. The molecule has 0 radical (unpaired) electrons. The Morgan fingerprint density at radius 2 is 1.83 bits per heavy atom. The number of aryl methyl sites for hydroxylation is 1. The van der Waals surface area contributed by atoms with Crippen LogP contribution in [0.1, 0.15) is 23.9 Å². The summed E-state index contributed by atoms with van der Waals surface area (Å²) in [6.07, 6.45) is 1.73. The van der Waals surface area contributed by atoms with Crippen LogP contribution in [-0.2, 0) is 11.3 Å². The van der Waals surface area contributed by atoms with Crippen LogP contribution in [0.25, 0.3) is 6.08 Å². The first-order valence-electron chi connectivity index (χ1n) is 7.71. The standard InChI is InChI=1S/C18H18ClN3O2/c1-4-21-11(2)9-13(12(21)3)10-16-17(23)22(18(24)20-16)15-7-5-14(19)6-8-15/h5-10H,4H2,1-3H3,(H,20,24). The van der Waals surface area contributed by atoms with Crippen molar-refractivity contribution in [2.45, 2.75) is 27.3 Å². The van der Waals surface area contributed by atoms with E-state index in [1.165, 1.54) is 0 Å². The molecule has 1 aliphatic rings. The Kier molecular flexibility index (Phi) is 4.20. The van der Waals surface area contributed by atoms with Gasteiger partial charge in [-0.1, -0.05) is 11.6 Å². The van der Waals surface area contributed by atoms with Gasteiger partial charge in [-0.2, -0.15) is 0 Å². The summed E-state index contributed by atoms with van der Waals surface area (Å²) in [5.41, 5.74) is 3.87. The number of hydrogen-bond donors (Lipinski definition) is 1. The molecule has 5 nitrogen and oxygen atoms in total. The molecule has 6 heteroatoms. The Morgan fingerprint density at radius 3 is 2.42 bits per heavy atom. The fourth-order valence-corrected chi connectivity index (χ4v) is 3.10. The molecule has 0 unspecified atom stereocenters. The Labute approximate surface area is 145 Å². The Morgan fingerprint density at radius 1 is 1.17 bits per heavy atom. The quantitative estimate of drug-likeness (QED) is 0.679. The van der Waals surface area contributed by atoms with Gasteiger partial charge in [0.25, 0.3) is 5.91 Å². The van der Waals surface area contributed by atoms with Gasteiger partial charge < -0.3 is 9.88 Å². The second kappa shape index (κ2) is 6.17. The minimum absolute atomic E-state index is 0.270. The van der Waals surface area contributed by atoms with Crippen LogP contribution in [0.4, 0.5) is 10.5 Å². The minimum atomic E-state index is -0.460. The number of carbonyl (C=O) groups excluding carboxylic acids is 2. The molecule has 1 N–H and O–H groups in total. The normalized spacial score (nSPS) is 16.2. The molecule has 3 amide bonds. The summed E-state index contributed by atoms with van der Waals surface area (Å²) >= 11 is 5.86. The zero-order valence-electron chi connectivity index (χ0n) is 13.8. The number of anilines is 1. The fourth-order valence-electron chi connectivity index (χ4n) is 2.98. The van der Waals surface area contributed by atoms with Crippen molar-refractivity contribution in [3.63, 3.8) is 0 Å². The van der Waals surface area contributed by atoms with Gasteiger partial charge in [0.1, 0.15) is 5.70 Å². The third-order valence-electron chi connectivity index (χ3n) is 4.19. The number of urea groups is 1. The van der Waals surface area contributed by atoms with E-state index in [9.17, 15) is 9.59 Å². The molecule has 0 spiro atoms. The molecule has 1 aromatic heterocycles. The van der Waals surface area contributed by atoms with Crippen LogP contribution in [0.5, 0.6) is 0 Å². The lowest BCUT2D eigenvalue weighted by Crippen LogP contribution is -2.30. The summed E-state index contributed by atoms with van der Waals surface area (Å²) in [6.45, 7) is 6.95. The first kappa shape index (κ1) is 16.3. The van der Waals surface area contributed by atoms with Crippen LogP contribution in [0.15, 0.2) is 36.0 Å². The number of nitrogens with zero attached hydrogens (tertiary/aromatic N) is 2. The lowest BCUT2D eigenvalue weighted by molar-refractivity contribution is -0.113. The number of imide groups is 1. The van der Waals surface area contributed by atoms with Gasteiger partial charge in [-0.3, -0.25) is 4.79 Å². The minimum Gasteiger partial charge on any atom is -0.349 e. The first-order chi connectivity index (χ1) is 11.4. The molecule has 1 saturated heterocycles. The second-order valence-electron chi connectivity index (χ2n) is 5.68. The Bertz CT molecular complexity index is 850. The van der Waals surface area contributed by atoms with Crippen LogP contribution in [0.3, 0.4) is 0 Å². The Hall–Kier alpha value is -2.53. The van der Waals surface area contributed by atoms with Crippen molar-refractivity contribution in [3.05, 3.63) is 58.0 Å². The summed E-state index contributed by atoms with van der Waals surface area (Å²) in [5.74, 6) is -0.372. The van der Waals surface area contributed by atoms with Gasteiger partial charge in [-0.15, -0.1) is 0 Å². The number of hydrogen-bond acceptors (Lipinski definition) is 2. The van der Waals surface area contributed by atoms with Crippen LogP contribution >= 0.6 is 11.6 Å². The summed E-state index contributed by atoms with van der Waals surface area (Å²) in [6, 6.07) is 8.13. The molecule has 0 aliphatic carbocycles. The molecular weight excluding hydrogens is 326 g/mol. The predicted molar refractivity (Wildman–Crippen MR) is 95.0 cm³/mol. The molecule has 124 valence electrons. The smallest absolute Gasteiger partial charge is 0.333 e. The number of aromatic nitrogens is 1. The molecule has 0 saturated carbocycles. The maximum atomic E-state index is 12.6. The van der Waals surface area contributed by atoms with Gasteiger partial charge >= 0.3 is 6.03 Å². The third kappa shape index (κ3) is 2.71. The van der Waals surface area contributed by atoms with Crippen molar-refractivity contribution < 1.29 is 9.59 Å². The lowest BCUT2D eigenvalue weighted by atomic mass is 10.2. The van der Waals surface area contributed by atoms with Crippen LogP contribution < -0.4 is 10.2 Å². The van der Waals surface area contributed by atoms with E-state index in [0.717, 1.165) is 28.4 Å². The Balaban J connectivity index is 1.95.